The van der Waals surface area contributed by atoms with E-state index in [2.05, 4.69) is 5.32 Å². The van der Waals surface area contributed by atoms with Crippen LogP contribution in [0.4, 0.5) is 14.9 Å². The average Bonchev–Trinajstić information content (AvgIpc) is 2.95. The Balaban J connectivity index is 1.59. The van der Waals surface area contributed by atoms with Crippen LogP contribution in [-0.2, 0) is 6.54 Å². The van der Waals surface area contributed by atoms with Crippen LogP contribution in [0.3, 0.4) is 0 Å². The molecule has 1 aliphatic heterocycles. The first-order chi connectivity index (χ1) is 20.0. The highest BCUT2D eigenvalue weighted by Gasteiger charge is 2.32. The van der Waals surface area contributed by atoms with Crippen LogP contribution in [0.1, 0.15) is 49.0 Å². The Morgan fingerprint density at radius 2 is 1.64 bits per heavy atom. The van der Waals surface area contributed by atoms with E-state index >= 15 is 0 Å². The standard InChI is InChI=1S/C31H34Cl2FN3O5/c1-18-7-6-8-19(2)37(18)30(38)23-15-28(40-4)29(41-5)16-26(23)35-31(39)36(3)17-20-9-10-21(32)13-27(20)42-22-11-12-24(33)25(34)14-22/h9-16,18-19H,6-8,17H2,1-5H3,(H,35,39). The first-order valence-corrected chi connectivity index (χ1v) is 14.3. The van der Waals surface area contributed by atoms with Crippen LogP contribution >= 0.6 is 23.2 Å². The molecule has 1 heterocycles. The molecule has 1 fully saturated rings. The molecule has 1 aliphatic rings. The second-order valence-corrected chi connectivity index (χ2v) is 11.2. The van der Waals surface area contributed by atoms with Crippen molar-refractivity contribution < 1.29 is 28.2 Å². The number of benzene rings is 3. The van der Waals surface area contributed by atoms with Crippen LogP contribution in [0, 0.1) is 5.82 Å². The summed E-state index contributed by atoms with van der Waals surface area (Å²) in [6.45, 7) is 4.18. The SMILES string of the molecule is COc1cc(NC(=O)N(C)Cc2ccc(Cl)cc2Oc2ccc(Cl)c(F)c2)c(C(=O)N2C(C)CCCC2C)cc1OC. The Morgan fingerprint density at radius 1 is 0.976 bits per heavy atom. The van der Waals surface area contributed by atoms with Crippen molar-refractivity contribution in [1.29, 1.82) is 0 Å². The van der Waals surface area contributed by atoms with Gasteiger partial charge in [0.05, 0.1) is 37.0 Å². The summed E-state index contributed by atoms with van der Waals surface area (Å²) in [5, 5.41) is 3.25. The van der Waals surface area contributed by atoms with E-state index in [-0.39, 0.29) is 35.3 Å². The molecular formula is C31H34Cl2FN3O5. The lowest BCUT2D eigenvalue weighted by Gasteiger charge is -2.39. The maximum Gasteiger partial charge on any atom is 0.321 e. The number of carbonyl (C=O) groups is 2. The van der Waals surface area contributed by atoms with Crippen LogP contribution in [0.5, 0.6) is 23.0 Å². The number of hydrogen-bond donors (Lipinski definition) is 1. The van der Waals surface area contributed by atoms with Gasteiger partial charge in [0.15, 0.2) is 11.5 Å². The topological polar surface area (TPSA) is 80.3 Å². The number of ether oxygens (including phenoxy) is 3. The molecule has 2 atom stereocenters. The number of nitrogens with one attached hydrogen (secondary N) is 1. The largest absolute Gasteiger partial charge is 0.493 e. The van der Waals surface area contributed by atoms with E-state index in [0.29, 0.717) is 39.1 Å². The number of carbonyl (C=O) groups excluding carboxylic acids is 2. The highest BCUT2D eigenvalue weighted by atomic mass is 35.5. The van der Waals surface area contributed by atoms with Gasteiger partial charge in [-0.2, -0.15) is 0 Å². The fraction of sp³-hybridized carbons (Fsp3) is 0.355. The van der Waals surface area contributed by atoms with Crippen molar-refractivity contribution >= 4 is 40.8 Å². The van der Waals surface area contributed by atoms with E-state index in [9.17, 15) is 14.0 Å². The van der Waals surface area contributed by atoms with Gasteiger partial charge >= 0.3 is 6.03 Å². The maximum absolute atomic E-state index is 14.0. The molecule has 0 radical (unpaired) electrons. The van der Waals surface area contributed by atoms with E-state index in [1.807, 2.05) is 18.7 Å². The van der Waals surface area contributed by atoms with Crippen molar-refractivity contribution in [3.05, 3.63) is 75.5 Å². The molecule has 0 aromatic heterocycles. The number of piperidine rings is 1. The van der Waals surface area contributed by atoms with Crippen molar-refractivity contribution in [2.75, 3.05) is 26.6 Å². The molecule has 1 N–H and O–H groups in total. The Kier molecular flexibility index (Phi) is 10.1. The van der Waals surface area contributed by atoms with Gasteiger partial charge in [0.2, 0.25) is 0 Å². The molecule has 1 saturated heterocycles. The second-order valence-electron chi connectivity index (χ2n) is 10.3. The van der Waals surface area contributed by atoms with Gasteiger partial charge in [0, 0.05) is 41.9 Å². The number of amides is 3. The number of halogens is 3. The van der Waals surface area contributed by atoms with Gasteiger partial charge in [-0.05, 0) is 63.4 Å². The molecule has 224 valence electrons. The number of anilines is 1. The number of nitrogens with zero attached hydrogens (tertiary/aromatic N) is 2. The molecule has 0 bridgehead atoms. The van der Waals surface area contributed by atoms with Crippen molar-refractivity contribution in [3.63, 3.8) is 0 Å². The lowest BCUT2D eigenvalue weighted by molar-refractivity contribution is 0.0511. The summed E-state index contributed by atoms with van der Waals surface area (Å²) >= 11 is 12.0. The van der Waals surface area contributed by atoms with E-state index in [4.69, 9.17) is 37.4 Å². The van der Waals surface area contributed by atoms with Crippen molar-refractivity contribution in [2.45, 2.75) is 51.7 Å². The molecule has 0 saturated carbocycles. The summed E-state index contributed by atoms with van der Waals surface area (Å²) in [7, 11) is 4.58. The normalized spacial score (nSPS) is 16.5. The Morgan fingerprint density at radius 3 is 2.29 bits per heavy atom. The third kappa shape index (κ3) is 7.02. The van der Waals surface area contributed by atoms with Crippen molar-refractivity contribution in [3.8, 4) is 23.0 Å². The molecule has 3 aromatic carbocycles. The molecule has 0 spiro atoms. The lowest BCUT2D eigenvalue weighted by Crippen LogP contribution is -2.47. The van der Waals surface area contributed by atoms with Gasteiger partial charge in [-0.1, -0.05) is 29.3 Å². The highest BCUT2D eigenvalue weighted by molar-refractivity contribution is 6.31. The molecule has 3 aromatic rings. The lowest BCUT2D eigenvalue weighted by atomic mass is 9.96. The molecule has 42 heavy (non-hydrogen) atoms. The van der Waals surface area contributed by atoms with Gasteiger partial charge in [-0.15, -0.1) is 0 Å². The van der Waals surface area contributed by atoms with Crippen LogP contribution in [0.2, 0.25) is 10.0 Å². The van der Waals surface area contributed by atoms with Gasteiger partial charge < -0.3 is 29.3 Å². The van der Waals surface area contributed by atoms with Gasteiger partial charge in [0.25, 0.3) is 5.91 Å². The van der Waals surface area contributed by atoms with Gasteiger partial charge in [-0.25, -0.2) is 9.18 Å². The predicted molar refractivity (Wildman–Crippen MR) is 162 cm³/mol. The number of likely N-dealkylation sites (tertiary alicyclic amines) is 1. The predicted octanol–water partition coefficient (Wildman–Crippen LogP) is 8.01. The maximum atomic E-state index is 14.0. The summed E-state index contributed by atoms with van der Waals surface area (Å²) in [6.07, 6.45) is 2.86. The van der Waals surface area contributed by atoms with Crippen LogP contribution < -0.4 is 19.5 Å². The first-order valence-electron chi connectivity index (χ1n) is 13.5. The Hall–Kier alpha value is -3.69. The zero-order valence-corrected chi connectivity index (χ0v) is 25.7. The molecule has 4 rings (SSSR count). The summed E-state index contributed by atoms with van der Waals surface area (Å²) < 4.78 is 30.8. The molecule has 11 heteroatoms. The minimum absolute atomic E-state index is 0.0257. The van der Waals surface area contributed by atoms with Crippen LogP contribution in [-0.4, -0.2) is 55.1 Å². The zero-order valence-electron chi connectivity index (χ0n) is 24.2. The van der Waals surface area contributed by atoms with Crippen molar-refractivity contribution in [2.24, 2.45) is 0 Å². The Bertz CT molecular complexity index is 1460. The third-order valence-corrected chi connectivity index (χ3v) is 7.87. The fourth-order valence-corrected chi connectivity index (χ4v) is 5.36. The van der Waals surface area contributed by atoms with E-state index in [0.717, 1.165) is 19.3 Å². The number of hydrogen-bond acceptors (Lipinski definition) is 5. The molecule has 8 nitrogen and oxygen atoms in total. The number of methoxy groups -OCH3 is 2. The summed E-state index contributed by atoms with van der Waals surface area (Å²) in [5.74, 6) is 0.502. The molecular weight excluding hydrogens is 584 g/mol. The third-order valence-electron chi connectivity index (χ3n) is 7.33. The van der Waals surface area contributed by atoms with Crippen LogP contribution in [0.15, 0.2) is 48.5 Å². The minimum atomic E-state index is -0.622. The van der Waals surface area contributed by atoms with Crippen molar-refractivity contribution in [1.82, 2.24) is 9.80 Å². The van der Waals surface area contributed by atoms with E-state index < -0.39 is 11.8 Å². The molecule has 2 unspecified atom stereocenters. The highest BCUT2D eigenvalue weighted by Crippen LogP contribution is 2.36. The second kappa shape index (κ2) is 13.5. The van der Waals surface area contributed by atoms with E-state index in [1.165, 1.54) is 37.3 Å². The quantitative estimate of drug-likeness (QED) is 0.277. The summed E-state index contributed by atoms with van der Waals surface area (Å²) in [6, 6.07) is 11.9. The Labute approximate surface area is 255 Å². The molecule has 0 aliphatic carbocycles. The minimum Gasteiger partial charge on any atom is -0.493 e. The van der Waals surface area contributed by atoms with Gasteiger partial charge in [-0.3, -0.25) is 4.79 Å². The summed E-state index contributed by atoms with van der Waals surface area (Å²) in [4.78, 5) is 30.6. The van der Waals surface area contributed by atoms with Crippen LogP contribution in [0.25, 0.3) is 0 Å². The average molecular weight is 619 g/mol. The van der Waals surface area contributed by atoms with E-state index in [1.54, 1.807) is 37.4 Å². The number of rotatable bonds is 8. The fourth-order valence-electron chi connectivity index (χ4n) is 5.08. The van der Waals surface area contributed by atoms with Gasteiger partial charge in [0.1, 0.15) is 17.3 Å². The monoisotopic (exact) mass is 617 g/mol. The zero-order chi connectivity index (χ0) is 30.6. The summed E-state index contributed by atoms with van der Waals surface area (Å²) in [5.41, 5.74) is 1.21. The number of urea groups is 1. The smallest absolute Gasteiger partial charge is 0.321 e. The molecule has 3 amide bonds. The first kappa shape index (κ1) is 31.3.